The van der Waals surface area contributed by atoms with E-state index in [-0.39, 0.29) is 0 Å². The molecular weight excluding hydrogens is 334 g/mol. The fourth-order valence-electron chi connectivity index (χ4n) is 2.92. The van der Waals surface area contributed by atoms with Crippen LogP contribution in [0.25, 0.3) is 0 Å². The van der Waals surface area contributed by atoms with Gasteiger partial charge in [0.2, 0.25) is 0 Å². The molecular formula is C24H27NO2. The second kappa shape index (κ2) is 10.3. The van der Waals surface area contributed by atoms with Crippen LogP contribution < -0.4 is 14.8 Å². The lowest BCUT2D eigenvalue weighted by molar-refractivity contribution is 0.311. The second-order valence-corrected chi connectivity index (χ2v) is 6.49. The van der Waals surface area contributed by atoms with Gasteiger partial charge in [-0.25, -0.2) is 0 Å². The molecule has 0 aliphatic rings. The molecule has 0 saturated heterocycles. The van der Waals surface area contributed by atoms with E-state index in [1.165, 1.54) is 11.1 Å². The highest BCUT2D eigenvalue weighted by atomic mass is 16.5. The molecule has 0 fully saturated rings. The highest BCUT2D eigenvalue weighted by Crippen LogP contribution is 2.17. The van der Waals surface area contributed by atoms with Gasteiger partial charge in [-0.3, -0.25) is 0 Å². The first-order valence-electron chi connectivity index (χ1n) is 9.47. The molecule has 3 aromatic carbocycles. The molecule has 27 heavy (non-hydrogen) atoms. The minimum Gasteiger partial charge on any atom is -0.497 e. The van der Waals surface area contributed by atoms with Crippen LogP contribution in [0.4, 0.5) is 5.69 Å². The molecule has 0 amide bonds. The smallest absolute Gasteiger partial charge is 0.119 e. The van der Waals surface area contributed by atoms with Crippen LogP contribution in [0.15, 0.2) is 78.9 Å². The first kappa shape index (κ1) is 18.8. The quantitative estimate of drug-likeness (QED) is 0.493. The van der Waals surface area contributed by atoms with Crippen molar-refractivity contribution in [2.24, 2.45) is 0 Å². The van der Waals surface area contributed by atoms with E-state index in [9.17, 15) is 0 Å². The van der Waals surface area contributed by atoms with Crippen molar-refractivity contribution in [2.75, 3.05) is 25.6 Å². The van der Waals surface area contributed by atoms with Gasteiger partial charge in [0, 0.05) is 12.2 Å². The van der Waals surface area contributed by atoms with Crippen LogP contribution >= 0.6 is 0 Å². The maximum atomic E-state index is 5.84. The Labute approximate surface area is 162 Å². The summed E-state index contributed by atoms with van der Waals surface area (Å²) in [6.07, 6.45) is 3.04. The van der Waals surface area contributed by atoms with E-state index in [4.69, 9.17) is 9.47 Å². The van der Waals surface area contributed by atoms with Crippen LogP contribution in [0, 0.1) is 0 Å². The largest absolute Gasteiger partial charge is 0.497 e. The topological polar surface area (TPSA) is 30.5 Å². The van der Waals surface area contributed by atoms with Crippen molar-refractivity contribution >= 4 is 5.69 Å². The minimum absolute atomic E-state index is 0.735. The lowest BCUT2D eigenvalue weighted by atomic mass is 10.1. The molecule has 3 heteroatoms. The van der Waals surface area contributed by atoms with E-state index >= 15 is 0 Å². The summed E-state index contributed by atoms with van der Waals surface area (Å²) in [5.74, 6) is 1.81. The zero-order valence-corrected chi connectivity index (χ0v) is 15.9. The first-order valence-corrected chi connectivity index (χ1v) is 9.47. The van der Waals surface area contributed by atoms with Crippen molar-refractivity contribution in [2.45, 2.75) is 19.3 Å². The van der Waals surface area contributed by atoms with Gasteiger partial charge in [-0.05, 0) is 66.8 Å². The SMILES string of the molecule is COc1ccc(CCNc2ccc(OCCCc3ccccc3)cc2)cc1. The predicted molar refractivity (Wildman–Crippen MR) is 112 cm³/mol. The average Bonchev–Trinajstić information content (AvgIpc) is 2.73. The third-order valence-electron chi connectivity index (χ3n) is 4.48. The summed E-state index contributed by atoms with van der Waals surface area (Å²) in [5.41, 5.74) is 3.76. The summed E-state index contributed by atoms with van der Waals surface area (Å²) in [4.78, 5) is 0. The molecule has 0 radical (unpaired) electrons. The van der Waals surface area contributed by atoms with E-state index < -0.39 is 0 Å². The van der Waals surface area contributed by atoms with Gasteiger partial charge < -0.3 is 14.8 Å². The summed E-state index contributed by atoms with van der Waals surface area (Å²) < 4.78 is 11.0. The Morgan fingerprint density at radius 3 is 2.07 bits per heavy atom. The third-order valence-corrected chi connectivity index (χ3v) is 4.48. The van der Waals surface area contributed by atoms with Gasteiger partial charge in [0.05, 0.1) is 13.7 Å². The molecule has 0 aliphatic carbocycles. The van der Waals surface area contributed by atoms with Crippen molar-refractivity contribution < 1.29 is 9.47 Å². The Balaban J connectivity index is 1.35. The monoisotopic (exact) mass is 361 g/mol. The van der Waals surface area contributed by atoms with Crippen LogP contribution in [-0.2, 0) is 12.8 Å². The Kier molecular flexibility index (Phi) is 7.16. The molecule has 3 rings (SSSR count). The lowest BCUT2D eigenvalue weighted by Crippen LogP contribution is -2.05. The van der Waals surface area contributed by atoms with Gasteiger partial charge in [-0.1, -0.05) is 42.5 Å². The molecule has 3 aromatic rings. The minimum atomic E-state index is 0.735. The van der Waals surface area contributed by atoms with E-state index in [1.807, 2.05) is 30.3 Å². The summed E-state index contributed by atoms with van der Waals surface area (Å²) >= 11 is 0. The number of benzene rings is 3. The number of hydrogen-bond acceptors (Lipinski definition) is 3. The maximum Gasteiger partial charge on any atom is 0.119 e. The average molecular weight is 361 g/mol. The molecule has 0 aromatic heterocycles. The molecule has 140 valence electrons. The molecule has 0 bridgehead atoms. The van der Waals surface area contributed by atoms with E-state index in [0.717, 1.165) is 49.6 Å². The molecule has 3 nitrogen and oxygen atoms in total. The number of aryl methyl sites for hydroxylation is 1. The van der Waals surface area contributed by atoms with Crippen LogP contribution in [-0.4, -0.2) is 20.3 Å². The third kappa shape index (κ3) is 6.37. The van der Waals surface area contributed by atoms with Crippen molar-refractivity contribution in [3.63, 3.8) is 0 Å². The number of ether oxygens (including phenoxy) is 2. The Morgan fingerprint density at radius 2 is 1.37 bits per heavy atom. The standard InChI is InChI=1S/C24H27NO2/c1-26-23-13-9-21(10-14-23)17-18-25-22-11-15-24(16-12-22)27-19-5-8-20-6-3-2-4-7-20/h2-4,6-7,9-16,25H,5,8,17-19H2,1H3. The zero-order chi connectivity index (χ0) is 18.7. The summed E-state index contributed by atoms with van der Waals surface area (Å²) in [6.45, 7) is 1.63. The van der Waals surface area contributed by atoms with Gasteiger partial charge in [-0.2, -0.15) is 0 Å². The van der Waals surface area contributed by atoms with E-state index in [2.05, 4.69) is 53.8 Å². The second-order valence-electron chi connectivity index (χ2n) is 6.49. The van der Waals surface area contributed by atoms with E-state index in [1.54, 1.807) is 7.11 Å². The fraction of sp³-hybridized carbons (Fsp3) is 0.250. The van der Waals surface area contributed by atoms with Crippen molar-refractivity contribution in [3.8, 4) is 11.5 Å². The highest BCUT2D eigenvalue weighted by Gasteiger charge is 1.98. The van der Waals surface area contributed by atoms with Crippen molar-refractivity contribution in [1.29, 1.82) is 0 Å². The van der Waals surface area contributed by atoms with Gasteiger partial charge in [0.1, 0.15) is 11.5 Å². The number of hydrogen-bond donors (Lipinski definition) is 1. The molecule has 0 aliphatic heterocycles. The first-order chi connectivity index (χ1) is 13.3. The van der Waals surface area contributed by atoms with Crippen molar-refractivity contribution in [3.05, 3.63) is 90.0 Å². The molecule has 0 saturated carbocycles. The van der Waals surface area contributed by atoms with Crippen LogP contribution in [0.5, 0.6) is 11.5 Å². The van der Waals surface area contributed by atoms with Gasteiger partial charge in [-0.15, -0.1) is 0 Å². The summed E-state index contributed by atoms with van der Waals surface area (Å²) in [6, 6.07) is 26.9. The van der Waals surface area contributed by atoms with Crippen molar-refractivity contribution in [1.82, 2.24) is 0 Å². The van der Waals surface area contributed by atoms with Crippen LogP contribution in [0.1, 0.15) is 17.5 Å². The van der Waals surface area contributed by atoms with E-state index in [0.29, 0.717) is 0 Å². The molecule has 0 unspecified atom stereocenters. The van der Waals surface area contributed by atoms with Gasteiger partial charge in [0.15, 0.2) is 0 Å². The molecule has 0 spiro atoms. The molecule has 0 heterocycles. The fourth-order valence-corrected chi connectivity index (χ4v) is 2.92. The molecule has 0 atom stereocenters. The number of anilines is 1. The summed E-state index contributed by atoms with van der Waals surface area (Å²) in [7, 11) is 1.69. The highest BCUT2D eigenvalue weighted by molar-refractivity contribution is 5.46. The molecule has 1 N–H and O–H groups in total. The number of nitrogens with one attached hydrogen (secondary N) is 1. The predicted octanol–water partition coefficient (Wildman–Crippen LogP) is 5.36. The number of methoxy groups -OCH3 is 1. The van der Waals surface area contributed by atoms with Crippen LogP contribution in [0.3, 0.4) is 0 Å². The Bertz CT molecular complexity index is 783. The zero-order valence-electron chi connectivity index (χ0n) is 15.9. The maximum absolute atomic E-state index is 5.84. The lowest BCUT2D eigenvalue weighted by Gasteiger charge is -2.09. The van der Waals surface area contributed by atoms with Gasteiger partial charge >= 0.3 is 0 Å². The number of rotatable bonds is 10. The van der Waals surface area contributed by atoms with Crippen LogP contribution in [0.2, 0.25) is 0 Å². The normalized spacial score (nSPS) is 10.4. The summed E-state index contributed by atoms with van der Waals surface area (Å²) in [5, 5.41) is 3.45. The Morgan fingerprint density at radius 1 is 0.704 bits per heavy atom. The Hall–Kier alpha value is -2.94. The van der Waals surface area contributed by atoms with Gasteiger partial charge in [0.25, 0.3) is 0 Å².